The van der Waals surface area contributed by atoms with Gasteiger partial charge in [-0.05, 0) is 32.1 Å². The lowest BCUT2D eigenvalue weighted by Gasteiger charge is -2.29. The van der Waals surface area contributed by atoms with Crippen LogP contribution in [0.3, 0.4) is 0 Å². The molecule has 2 amide bonds. The predicted octanol–water partition coefficient (Wildman–Crippen LogP) is 2.90. The van der Waals surface area contributed by atoms with Gasteiger partial charge in [0, 0.05) is 12.1 Å². The molecule has 5 nitrogen and oxygen atoms in total. The summed E-state index contributed by atoms with van der Waals surface area (Å²) in [6.45, 7) is 4.03. The van der Waals surface area contributed by atoms with Gasteiger partial charge in [-0.1, -0.05) is 32.6 Å². The minimum atomic E-state index is -0.871. The molecule has 0 aliphatic heterocycles. The van der Waals surface area contributed by atoms with Gasteiger partial charge in [-0.3, -0.25) is 4.79 Å². The molecule has 20 heavy (non-hydrogen) atoms. The number of carboxylic acids is 1. The van der Waals surface area contributed by atoms with Crippen LogP contribution in [0, 0.1) is 5.92 Å². The van der Waals surface area contributed by atoms with Crippen LogP contribution in [0.4, 0.5) is 4.79 Å². The third-order valence-electron chi connectivity index (χ3n) is 4.11. The summed E-state index contributed by atoms with van der Waals surface area (Å²) >= 11 is 0. The van der Waals surface area contributed by atoms with Crippen molar-refractivity contribution in [2.24, 2.45) is 5.92 Å². The fourth-order valence-electron chi connectivity index (χ4n) is 2.97. The van der Waals surface area contributed by atoms with Crippen LogP contribution >= 0.6 is 0 Å². The molecule has 5 heteroatoms. The van der Waals surface area contributed by atoms with E-state index in [2.05, 4.69) is 10.6 Å². The van der Waals surface area contributed by atoms with E-state index in [0.29, 0.717) is 12.3 Å². The van der Waals surface area contributed by atoms with E-state index in [-0.39, 0.29) is 24.5 Å². The van der Waals surface area contributed by atoms with E-state index in [4.69, 9.17) is 5.11 Å². The Hall–Kier alpha value is -1.26. The second-order valence-electron chi connectivity index (χ2n) is 5.89. The molecule has 0 spiro atoms. The van der Waals surface area contributed by atoms with Crippen molar-refractivity contribution in [3.8, 4) is 0 Å². The molecular formula is C15H28N2O3. The van der Waals surface area contributed by atoms with E-state index in [1.807, 2.05) is 13.8 Å². The first-order chi connectivity index (χ1) is 9.52. The van der Waals surface area contributed by atoms with E-state index in [9.17, 15) is 9.59 Å². The second kappa shape index (κ2) is 8.82. The molecule has 0 heterocycles. The molecule has 0 aromatic rings. The number of carboxylic acid groups (broad SMARTS) is 1. The minimum absolute atomic E-state index is 0.0148. The van der Waals surface area contributed by atoms with Gasteiger partial charge in [0.2, 0.25) is 0 Å². The first-order valence-corrected chi connectivity index (χ1v) is 7.81. The van der Waals surface area contributed by atoms with Crippen LogP contribution in [0.5, 0.6) is 0 Å². The zero-order valence-corrected chi connectivity index (χ0v) is 12.7. The molecule has 0 radical (unpaired) electrons. The van der Waals surface area contributed by atoms with Crippen LogP contribution in [0.25, 0.3) is 0 Å². The van der Waals surface area contributed by atoms with Crippen LogP contribution in [0.1, 0.15) is 65.2 Å². The van der Waals surface area contributed by atoms with Gasteiger partial charge in [0.25, 0.3) is 0 Å². The summed E-state index contributed by atoms with van der Waals surface area (Å²) in [6.07, 6.45) is 7.68. The molecule has 1 aliphatic carbocycles. The van der Waals surface area contributed by atoms with Gasteiger partial charge < -0.3 is 15.7 Å². The maximum atomic E-state index is 11.9. The summed E-state index contributed by atoms with van der Waals surface area (Å²) < 4.78 is 0. The highest BCUT2D eigenvalue weighted by molar-refractivity contribution is 5.76. The third kappa shape index (κ3) is 6.26. The number of urea groups is 1. The fraction of sp³-hybridized carbons (Fsp3) is 0.867. The summed E-state index contributed by atoms with van der Waals surface area (Å²) in [4.78, 5) is 22.7. The second-order valence-corrected chi connectivity index (χ2v) is 5.89. The lowest BCUT2D eigenvalue weighted by atomic mass is 9.84. The summed E-state index contributed by atoms with van der Waals surface area (Å²) in [6, 6.07) is -0.360. The van der Waals surface area contributed by atoms with Gasteiger partial charge in [-0.2, -0.15) is 0 Å². The number of hydrogen-bond donors (Lipinski definition) is 3. The predicted molar refractivity (Wildman–Crippen MR) is 78.7 cm³/mol. The van der Waals surface area contributed by atoms with E-state index < -0.39 is 5.97 Å². The Balaban J connectivity index is 2.37. The van der Waals surface area contributed by atoms with Gasteiger partial charge in [0.05, 0.1) is 6.42 Å². The standard InChI is InChI=1S/C15H28N2O3/c1-3-7-13(10-14(18)19)17-15(20)16-11(2)12-8-5-4-6-9-12/h11-13H,3-10H2,1-2H3,(H,18,19)(H2,16,17,20). The van der Waals surface area contributed by atoms with Gasteiger partial charge >= 0.3 is 12.0 Å². The highest BCUT2D eigenvalue weighted by Crippen LogP contribution is 2.26. The van der Waals surface area contributed by atoms with E-state index in [1.165, 1.54) is 32.1 Å². The summed E-state index contributed by atoms with van der Waals surface area (Å²) in [5, 5.41) is 14.6. The van der Waals surface area contributed by atoms with Crippen LogP contribution in [-0.4, -0.2) is 29.2 Å². The SMILES string of the molecule is CCCC(CC(=O)O)NC(=O)NC(C)C1CCCCC1. The minimum Gasteiger partial charge on any atom is -0.481 e. The average Bonchev–Trinajstić information content (AvgIpc) is 2.39. The van der Waals surface area contributed by atoms with Gasteiger partial charge in [0.15, 0.2) is 0 Å². The largest absolute Gasteiger partial charge is 0.481 e. The lowest BCUT2D eigenvalue weighted by molar-refractivity contribution is -0.137. The number of nitrogens with one attached hydrogen (secondary N) is 2. The molecule has 2 atom stereocenters. The van der Waals surface area contributed by atoms with Crippen LogP contribution in [-0.2, 0) is 4.79 Å². The molecule has 1 fully saturated rings. The quantitative estimate of drug-likeness (QED) is 0.672. The topological polar surface area (TPSA) is 78.4 Å². The highest BCUT2D eigenvalue weighted by Gasteiger charge is 2.22. The Morgan fingerprint density at radius 2 is 1.85 bits per heavy atom. The molecule has 0 saturated heterocycles. The van der Waals surface area contributed by atoms with Crippen molar-refractivity contribution in [3.63, 3.8) is 0 Å². The van der Waals surface area contributed by atoms with Gasteiger partial charge in [-0.15, -0.1) is 0 Å². The molecule has 3 N–H and O–H groups in total. The molecule has 1 aliphatic rings. The van der Waals surface area contributed by atoms with Crippen molar-refractivity contribution in [2.45, 2.75) is 77.3 Å². The van der Waals surface area contributed by atoms with Crippen LogP contribution in [0.2, 0.25) is 0 Å². The summed E-state index contributed by atoms with van der Waals surface area (Å²) in [7, 11) is 0. The molecular weight excluding hydrogens is 256 g/mol. The smallest absolute Gasteiger partial charge is 0.315 e. The zero-order valence-electron chi connectivity index (χ0n) is 12.7. The number of rotatable bonds is 7. The van der Waals surface area contributed by atoms with Crippen LogP contribution in [0.15, 0.2) is 0 Å². The maximum Gasteiger partial charge on any atom is 0.315 e. The molecule has 2 unspecified atom stereocenters. The van der Waals surface area contributed by atoms with Gasteiger partial charge in [-0.25, -0.2) is 4.79 Å². The molecule has 0 aromatic heterocycles. The Bertz CT molecular complexity index is 314. The summed E-state index contributed by atoms with van der Waals surface area (Å²) in [5.74, 6) is -0.317. The first kappa shape index (κ1) is 16.8. The van der Waals surface area contributed by atoms with Crippen molar-refractivity contribution in [1.82, 2.24) is 10.6 Å². The Morgan fingerprint density at radius 1 is 1.20 bits per heavy atom. The fourth-order valence-corrected chi connectivity index (χ4v) is 2.97. The van der Waals surface area contributed by atoms with Crippen molar-refractivity contribution in [1.29, 1.82) is 0 Å². The van der Waals surface area contributed by atoms with Crippen molar-refractivity contribution >= 4 is 12.0 Å². The third-order valence-corrected chi connectivity index (χ3v) is 4.11. The number of hydrogen-bond acceptors (Lipinski definition) is 2. The Kier molecular flexibility index (Phi) is 7.41. The Labute approximate surface area is 121 Å². The molecule has 1 rings (SSSR count). The van der Waals surface area contributed by atoms with E-state index in [0.717, 1.165) is 6.42 Å². The van der Waals surface area contributed by atoms with Crippen molar-refractivity contribution in [3.05, 3.63) is 0 Å². The molecule has 116 valence electrons. The average molecular weight is 284 g/mol. The Morgan fingerprint density at radius 3 is 2.40 bits per heavy atom. The number of amides is 2. The van der Waals surface area contributed by atoms with E-state index in [1.54, 1.807) is 0 Å². The maximum absolute atomic E-state index is 11.9. The normalized spacial score (nSPS) is 19.1. The monoisotopic (exact) mass is 284 g/mol. The number of aliphatic carboxylic acids is 1. The molecule has 1 saturated carbocycles. The number of carbonyl (C=O) groups excluding carboxylic acids is 1. The lowest BCUT2D eigenvalue weighted by Crippen LogP contribution is -2.48. The van der Waals surface area contributed by atoms with Crippen molar-refractivity contribution < 1.29 is 14.7 Å². The molecule has 0 bridgehead atoms. The first-order valence-electron chi connectivity index (χ1n) is 7.81. The van der Waals surface area contributed by atoms with Crippen LogP contribution < -0.4 is 10.6 Å². The zero-order chi connectivity index (χ0) is 15.0. The van der Waals surface area contributed by atoms with Crippen molar-refractivity contribution in [2.75, 3.05) is 0 Å². The van der Waals surface area contributed by atoms with E-state index >= 15 is 0 Å². The van der Waals surface area contributed by atoms with Gasteiger partial charge in [0.1, 0.15) is 0 Å². The number of carbonyl (C=O) groups is 2. The summed E-state index contributed by atoms with van der Waals surface area (Å²) in [5.41, 5.74) is 0. The molecule has 0 aromatic carbocycles. The highest BCUT2D eigenvalue weighted by atomic mass is 16.4.